The standard InChI is InChI=1S/C18H21FN2O5/c1-13(22)20-7-9-21(10-8-20)17(23)12-26-18(24)6-4-14-3-5-16(25-2)15(19)11-14/h3-6,11H,7-10,12H2,1-2H3/b6-4+. The Morgan fingerprint density at radius 3 is 2.38 bits per heavy atom. The number of halogens is 1. The summed E-state index contributed by atoms with van der Waals surface area (Å²) in [6.45, 7) is 2.88. The third-order valence-electron chi connectivity index (χ3n) is 4.00. The number of nitrogens with zero attached hydrogens (tertiary/aromatic N) is 2. The van der Waals surface area contributed by atoms with E-state index in [4.69, 9.17) is 9.47 Å². The van der Waals surface area contributed by atoms with Gasteiger partial charge in [-0.25, -0.2) is 9.18 Å². The molecule has 1 heterocycles. The molecular formula is C18H21FN2O5. The summed E-state index contributed by atoms with van der Waals surface area (Å²) in [5.41, 5.74) is 0.465. The van der Waals surface area contributed by atoms with Crippen molar-refractivity contribution >= 4 is 23.9 Å². The lowest BCUT2D eigenvalue weighted by molar-refractivity contribution is -0.149. The molecule has 1 aromatic carbocycles. The molecule has 0 aromatic heterocycles. The molecule has 26 heavy (non-hydrogen) atoms. The Bertz CT molecular complexity index is 712. The van der Waals surface area contributed by atoms with Crippen LogP contribution in [-0.2, 0) is 19.1 Å². The van der Waals surface area contributed by atoms with Crippen LogP contribution in [0.25, 0.3) is 6.08 Å². The third kappa shape index (κ3) is 5.30. The van der Waals surface area contributed by atoms with Crippen molar-refractivity contribution < 1.29 is 28.2 Å². The number of benzene rings is 1. The molecule has 0 unspecified atom stereocenters. The van der Waals surface area contributed by atoms with E-state index >= 15 is 0 Å². The van der Waals surface area contributed by atoms with Crippen LogP contribution in [-0.4, -0.2) is 67.5 Å². The van der Waals surface area contributed by atoms with E-state index in [2.05, 4.69) is 0 Å². The molecule has 2 rings (SSSR count). The van der Waals surface area contributed by atoms with Crippen LogP contribution in [0.1, 0.15) is 12.5 Å². The lowest BCUT2D eigenvalue weighted by Crippen LogP contribution is -2.51. The van der Waals surface area contributed by atoms with Gasteiger partial charge < -0.3 is 19.3 Å². The van der Waals surface area contributed by atoms with Crippen LogP contribution >= 0.6 is 0 Å². The Kier molecular flexibility index (Phi) is 6.71. The van der Waals surface area contributed by atoms with Gasteiger partial charge in [0.25, 0.3) is 5.91 Å². The summed E-state index contributed by atoms with van der Waals surface area (Å²) in [6, 6.07) is 4.26. The molecular weight excluding hydrogens is 343 g/mol. The molecule has 140 valence electrons. The first-order valence-electron chi connectivity index (χ1n) is 8.12. The van der Waals surface area contributed by atoms with Gasteiger partial charge in [-0.1, -0.05) is 6.07 Å². The Balaban J connectivity index is 1.78. The van der Waals surface area contributed by atoms with E-state index in [0.717, 1.165) is 6.08 Å². The van der Waals surface area contributed by atoms with Gasteiger partial charge in [0.2, 0.25) is 5.91 Å². The fourth-order valence-corrected chi connectivity index (χ4v) is 2.49. The summed E-state index contributed by atoms with van der Waals surface area (Å²) in [6.07, 6.45) is 2.52. The molecule has 1 fully saturated rings. The van der Waals surface area contributed by atoms with Gasteiger partial charge in [-0.05, 0) is 23.8 Å². The molecule has 1 aliphatic heterocycles. The van der Waals surface area contributed by atoms with Crippen LogP contribution < -0.4 is 4.74 Å². The first-order valence-corrected chi connectivity index (χ1v) is 8.12. The normalized spacial score (nSPS) is 14.4. The van der Waals surface area contributed by atoms with Crippen molar-refractivity contribution in [3.63, 3.8) is 0 Å². The van der Waals surface area contributed by atoms with Gasteiger partial charge in [0, 0.05) is 39.2 Å². The van der Waals surface area contributed by atoms with Crippen LogP contribution in [0.15, 0.2) is 24.3 Å². The number of amides is 2. The number of methoxy groups -OCH3 is 1. The highest BCUT2D eigenvalue weighted by Gasteiger charge is 2.22. The number of hydrogen-bond acceptors (Lipinski definition) is 5. The Hall–Kier alpha value is -2.90. The monoisotopic (exact) mass is 364 g/mol. The van der Waals surface area contributed by atoms with E-state index in [-0.39, 0.29) is 24.2 Å². The van der Waals surface area contributed by atoms with Crippen LogP contribution in [0.3, 0.4) is 0 Å². The van der Waals surface area contributed by atoms with Crippen molar-refractivity contribution in [3.8, 4) is 5.75 Å². The highest BCUT2D eigenvalue weighted by atomic mass is 19.1. The van der Waals surface area contributed by atoms with Crippen molar-refractivity contribution in [1.82, 2.24) is 9.80 Å². The molecule has 0 aliphatic carbocycles. The van der Waals surface area contributed by atoms with E-state index in [9.17, 15) is 18.8 Å². The predicted octanol–water partition coefficient (Wildman–Crippen LogP) is 1.08. The number of piperazine rings is 1. The van der Waals surface area contributed by atoms with Crippen molar-refractivity contribution in [2.75, 3.05) is 39.9 Å². The van der Waals surface area contributed by atoms with Crippen LogP contribution in [0.2, 0.25) is 0 Å². The zero-order chi connectivity index (χ0) is 19.1. The number of esters is 1. The number of rotatable bonds is 5. The Morgan fingerprint density at radius 1 is 1.15 bits per heavy atom. The predicted molar refractivity (Wildman–Crippen MR) is 91.8 cm³/mol. The molecule has 0 N–H and O–H groups in total. The molecule has 0 saturated carbocycles. The summed E-state index contributed by atoms with van der Waals surface area (Å²) in [5, 5.41) is 0. The molecule has 1 aliphatic rings. The second-order valence-corrected chi connectivity index (χ2v) is 5.72. The maximum absolute atomic E-state index is 13.6. The van der Waals surface area contributed by atoms with Crippen LogP contribution in [0, 0.1) is 5.82 Å². The number of hydrogen-bond donors (Lipinski definition) is 0. The molecule has 1 aromatic rings. The van der Waals surface area contributed by atoms with Gasteiger partial charge in [-0.2, -0.15) is 0 Å². The fourth-order valence-electron chi connectivity index (χ4n) is 2.49. The summed E-state index contributed by atoms with van der Waals surface area (Å²) in [7, 11) is 1.36. The lowest BCUT2D eigenvalue weighted by Gasteiger charge is -2.34. The number of carbonyl (C=O) groups is 3. The van der Waals surface area contributed by atoms with E-state index in [0.29, 0.717) is 31.7 Å². The minimum absolute atomic E-state index is 0.0244. The first kappa shape index (κ1) is 19.4. The van der Waals surface area contributed by atoms with Crippen molar-refractivity contribution in [3.05, 3.63) is 35.7 Å². The Labute approximate surface area is 151 Å². The second kappa shape index (κ2) is 8.98. The second-order valence-electron chi connectivity index (χ2n) is 5.72. The largest absolute Gasteiger partial charge is 0.494 e. The molecule has 7 nitrogen and oxygen atoms in total. The summed E-state index contributed by atoms with van der Waals surface area (Å²) >= 11 is 0. The molecule has 8 heteroatoms. The third-order valence-corrected chi connectivity index (χ3v) is 4.00. The topological polar surface area (TPSA) is 76.2 Å². The number of carbonyl (C=O) groups excluding carboxylic acids is 3. The SMILES string of the molecule is COc1ccc(/C=C/C(=O)OCC(=O)N2CCN(C(C)=O)CC2)cc1F. The zero-order valence-corrected chi connectivity index (χ0v) is 14.7. The van der Waals surface area contributed by atoms with Crippen molar-refractivity contribution in [2.45, 2.75) is 6.92 Å². The molecule has 0 bridgehead atoms. The minimum atomic E-state index is -0.697. The molecule has 0 atom stereocenters. The smallest absolute Gasteiger partial charge is 0.331 e. The highest BCUT2D eigenvalue weighted by molar-refractivity contribution is 5.89. The van der Waals surface area contributed by atoms with Gasteiger partial charge in [0.1, 0.15) is 0 Å². The van der Waals surface area contributed by atoms with Crippen LogP contribution in [0.5, 0.6) is 5.75 Å². The molecule has 0 spiro atoms. The highest BCUT2D eigenvalue weighted by Crippen LogP contribution is 2.18. The van der Waals surface area contributed by atoms with Gasteiger partial charge in [-0.3, -0.25) is 9.59 Å². The van der Waals surface area contributed by atoms with Crippen molar-refractivity contribution in [1.29, 1.82) is 0 Å². The first-order chi connectivity index (χ1) is 12.4. The minimum Gasteiger partial charge on any atom is -0.494 e. The maximum atomic E-state index is 13.6. The van der Waals surface area contributed by atoms with Gasteiger partial charge >= 0.3 is 5.97 Å². The van der Waals surface area contributed by atoms with E-state index in [1.165, 1.54) is 32.2 Å². The van der Waals surface area contributed by atoms with Gasteiger partial charge in [0.15, 0.2) is 18.2 Å². The van der Waals surface area contributed by atoms with Crippen LogP contribution in [0.4, 0.5) is 4.39 Å². The summed E-state index contributed by atoms with van der Waals surface area (Å²) in [5.74, 6) is -1.46. The Morgan fingerprint density at radius 2 is 1.81 bits per heavy atom. The molecule has 1 saturated heterocycles. The van der Waals surface area contributed by atoms with E-state index in [1.807, 2.05) is 0 Å². The quantitative estimate of drug-likeness (QED) is 0.577. The molecule has 2 amide bonds. The van der Waals surface area contributed by atoms with E-state index < -0.39 is 11.8 Å². The average molecular weight is 364 g/mol. The van der Waals surface area contributed by atoms with Gasteiger partial charge in [-0.15, -0.1) is 0 Å². The fraction of sp³-hybridized carbons (Fsp3) is 0.389. The van der Waals surface area contributed by atoms with Crippen molar-refractivity contribution in [2.24, 2.45) is 0 Å². The lowest BCUT2D eigenvalue weighted by atomic mass is 10.2. The number of ether oxygens (including phenoxy) is 2. The maximum Gasteiger partial charge on any atom is 0.331 e. The molecule has 0 radical (unpaired) electrons. The summed E-state index contributed by atoms with van der Waals surface area (Å²) in [4.78, 5) is 38.2. The van der Waals surface area contributed by atoms with Gasteiger partial charge in [0.05, 0.1) is 7.11 Å². The zero-order valence-electron chi connectivity index (χ0n) is 14.7. The summed E-state index contributed by atoms with van der Waals surface area (Å²) < 4.78 is 23.3. The van der Waals surface area contributed by atoms with E-state index in [1.54, 1.807) is 15.9 Å². The average Bonchev–Trinajstić information content (AvgIpc) is 2.64.